The van der Waals surface area contributed by atoms with Crippen molar-refractivity contribution in [2.24, 2.45) is 0 Å². The Hall–Kier alpha value is -5.40. The highest BCUT2D eigenvalue weighted by atomic mass is 16.5. The van der Waals surface area contributed by atoms with Crippen molar-refractivity contribution in [3.63, 3.8) is 0 Å². The van der Waals surface area contributed by atoms with Crippen LogP contribution in [-0.2, 0) is 25.7 Å². The van der Waals surface area contributed by atoms with Gasteiger partial charge in [0.25, 0.3) is 0 Å². The molecule has 0 fully saturated rings. The standard InChI is InChI=1S/C50H50O/c1(9-23-41-25-11-5-12-26-41)3-19-35-47-45(39-43-29-15-7-16-30-43)33-21-37-49(47)51-50-38-22-34-46(40-44-31-17-8-18-32-44)48(50)36-20-4-2-10-24-42-27-13-6-14-28-42/h5-8,11-22,25-38H,1-4,9-10,23-24,39-40H2. The van der Waals surface area contributed by atoms with Crippen molar-refractivity contribution in [2.75, 3.05) is 0 Å². The third-order valence-electron chi connectivity index (χ3n) is 9.43. The smallest absolute Gasteiger partial charge is 0.134 e. The van der Waals surface area contributed by atoms with E-state index in [4.69, 9.17) is 4.74 Å². The molecule has 0 saturated carbocycles. The Balaban J connectivity index is 1.23. The molecule has 0 aliphatic carbocycles. The van der Waals surface area contributed by atoms with Crippen molar-refractivity contribution < 1.29 is 4.74 Å². The highest BCUT2D eigenvalue weighted by Crippen LogP contribution is 2.35. The largest absolute Gasteiger partial charge is 0.456 e. The predicted octanol–water partition coefficient (Wildman–Crippen LogP) is 13.5. The van der Waals surface area contributed by atoms with E-state index in [0.29, 0.717) is 0 Å². The number of unbranched alkanes of at least 4 members (excludes halogenated alkanes) is 4. The molecule has 1 heteroatoms. The van der Waals surface area contributed by atoms with E-state index < -0.39 is 0 Å². The van der Waals surface area contributed by atoms with Crippen LogP contribution in [0.4, 0.5) is 0 Å². The van der Waals surface area contributed by atoms with Crippen LogP contribution < -0.4 is 4.74 Å². The molecule has 0 heterocycles. The lowest BCUT2D eigenvalue weighted by molar-refractivity contribution is 0.479. The first-order valence-corrected chi connectivity index (χ1v) is 18.7. The number of aryl methyl sites for hydroxylation is 2. The first-order valence-electron chi connectivity index (χ1n) is 18.7. The van der Waals surface area contributed by atoms with Gasteiger partial charge >= 0.3 is 0 Å². The summed E-state index contributed by atoms with van der Waals surface area (Å²) in [5.41, 5.74) is 10.3. The number of ether oxygens (including phenoxy) is 1. The second-order valence-electron chi connectivity index (χ2n) is 13.4. The van der Waals surface area contributed by atoms with E-state index in [1.165, 1.54) is 46.2 Å². The van der Waals surface area contributed by atoms with Crippen molar-refractivity contribution >= 4 is 12.2 Å². The van der Waals surface area contributed by atoms with Crippen LogP contribution in [0, 0.1) is 0 Å². The van der Waals surface area contributed by atoms with Gasteiger partial charge in [0, 0.05) is 11.1 Å². The molecule has 0 atom stereocenters. The minimum atomic E-state index is 0.857. The summed E-state index contributed by atoms with van der Waals surface area (Å²) in [5, 5.41) is 0. The van der Waals surface area contributed by atoms with E-state index in [1.54, 1.807) is 0 Å². The third kappa shape index (κ3) is 11.3. The van der Waals surface area contributed by atoms with Gasteiger partial charge in [0.1, 0.15) is 11.5 Å². The van der Waals surface area contributed by atoms with Gasteiger partial charge in [-0.3, -0.25) is 0 Å². The normalized spacial score (nSPS) is 11.4. The number of hydrogen-bond acceptors (Lipinski definition) is 1. The summed E-state index contributed by atoms with van der Waals surface area (Å²) in [7, 11) is 0. The average molecular weight is 667 g/mol. The summed E-state index contributed by atoms with van der Waals surface area (Å²) >= 11 is 0. The van der Waals surface area contributed by atoms with Crippen LogP contribution >= 0.6 is 0 Å². The van der Waals surface area contributed by atoms with Gasteiger partial charge in [0.15, 0.2) is 0 Å². The molecule has 0 amide bonds. The lowest BCUT2D eigenvalue weighted by Crippen LogP contribution is -1.99. The minimum absolute atomic E-state index is 0.857. The van der Waals surface area contributed by atoms with E-state index in [-0.39, 0.29) is 0 Å². The zero-order chi connectivity index (χ0) is 34.8. The topological polar surface area (TPSA) is 9.23 Å². The van der Waals surface area contributed by atoms with Crippen LogP contribution in [0.1, 0.15) is 83.0 Å². The molecule has 0 aromatic heterocycles. The van der Waals surface area contributed by atoms with Gasteiger partial charge in [0.2, 0.25) is 0 Å². The predicted molar refractivity (Wildman–Crippen MR) is 218 cm³/mol. The Kier molecular flexibility index (Phi) is 13.7. The maximum atomic E-state index is 6.97. The van der Waals surface area contributed by atoms with Crippen molar-refractivity contribution in [1.29, 1.82) is 0 Å². The fraction of sp³-hybridized carbons (Fsp3) is 0.200. The molecule has 0 spiro atoms. The second-order valence-corrected chi connectivity index (χ2v) is 13.4. The molecule has 51 heavy (non-hydrogen) atoms. The highest BCUT2D eigenvalue weighted by Gasteiger charge is 2.13. The summed E-state index contributed by atoms with van der Waals surface area (Å²) in [5.74, 6) is 1.80. The van der Waals surface area contributed by atoms with Crippen LogP contribution in [0.2, 0.25) is 0 Å². The minimum Gasteiger partial charge on any atom is -0.456 e. The number of hydrogen-bond donors (Lipinski definition) is 0. The Bertz CT molecular complexity index is 1800. The lowest BCUT2D eigenvalue weighted by atomic mass is 9.97. The first kappa shape index (κ1) is 35.4. The van der Waals surface area contributed by atoms with E-state index in [0.717, 1.165) is 74.0 Å². The molecule has 0 unspecified atom stereocenters. The fourth-order valence-corrected chi connectivity index (χ4v) is 6.67. The number of allylic oxidation sites excluding steroid dienone is 2. The molecule has 0 aliphatic heterocycles. The highest BCUT2D eigenvalue weighted by molar-refractivity contribution is 5.66. The van der Waals surface area contributed by atoms with Gasteiger partial charge < -0.3 is 4.74 Å². The quantitative estimate of drug-likeness (QED) is 0.0830. The lowest BCUT2D eigenvalue weighted by Gasteiger charge is -2.17. The number of benzene rings is 6. The molecule has 6 aromatic rings. The third-order valence-corrected chi connectivity index (χ3v) is 9.43. The molecule has 6 rings (SSSR count). The Labute approximate surface area is 306 Å². The van der Waals surface area contributed by atoms with Gasteiger partial charge in [-0.05, 0) is 110 Å². The van der Waals surface area contributed by atoms with E-state index in [2.05, 4.69) is 182 Å². The zero-order valence-electron chi connectivity index (χ0n) is 29.8. The van der Waals surface area contributed by atoms with Crippen LogP contribution in [0.5, 0.6) is 11.5 Å². The molecule has 1 nitrogen and oxygen atoms in total. The molecule has 0 saturated heterocycles. The molecule has 256 valence electrons. The van der Waals surface area contributed by atoms with Gasteiger partial charge in [0.05, 0.1) is 0 Å². The number of rotatable bonds is 18. The van der Waals surface area contributed by atoms with Crippen LogP contribution in [0.3, 0.4) is 0 Å². The van der Waals surface area contributed by atoms with Crippen molar-refractivity contribution in [3.05, 3.63) is 214 Å². The van der Waals surface area contributed by atoms with Crippen molar-refractivity contribution in [2.45, 2.75) is 64.2 Å². The molecule has 0 N–H and O–H groups in total. The molecular weight excluding hydrogens is 617 g/mol. The van der Waals surface area contributed by atoms with Gasteiger partial charge in [-0.2, -0.15) is 0 Å². The first-order chi connectivity index (χ1) is 25.3. The Morgan fingerprint density at radius 2 is 0.725 bits per heavy atom. The van der Waals surface area contributed by atoms with E-state index in [1.807, 2.05) is 0 Å². The van der Waals surface area contributed by atoms with Crippen molar-refractivity contribution in [1.82, 2.24) is 0 Å². The second kappa shape index (κ2) is 19.7. The molecular formula is C50H50O. The summed E-state index contributed by atoms with van der Waals surface area (Å²) in [6, 6.07) is 56.1. The maximum absolute atomic E-state index is 6.97. The summed E-state index contributed by atoms with van der Waals surface area (Å²) in [6.07, 6.45) is 20.0. The van der Waals surface area contributed by atoms with Crippen LogP contribution in [0.15, 0.2) is 170 Å². The molecule has 0 aliphatic rings. The molecule has 6 aromatic carbocycles. The molecule has 0 bridgehead atoms. The Morgan fingerprint density at radius 3 is 1.12 bits per heavy atom. The fourth-order valence-electron chi connectivity index (χ4n) is 6.67. The zero-order valence-corrected chi connectivity index (χ0v) is 29.8. The van der Waals surface area contributed by atoms with Crippen LogP contribution in [0.25, 0.3) is 12.2 Å². The monoisotopic (exact) mass is 666 g/mol. The van der Waals surface area contributed by atoms with Gasteiger partial charge in [-0.15, -0.1) is 0 Å². The SMILES string of the molecule is C(=Cc1c(Cc2ccccc2)cccc1Oc1cccc(Cc2ccccc2)c1C=CCCCCc1ccccc1)CCCCc1ccccc1. The summed E-state index contributed by atoms with van der Waals surface area (Å²) in [4.78, 5) is 0. The van der Waals surface area contributed by atoms with Crippen LogP contribution in [-0.4, -0.2) is 0 Å². The van der Waals surface area contributed by atoms with Gasteiger partial charge in [-0.25, -0.2) is 0 Å². The molecule has 0 radical (unpaired) electrons. The van der Waals surface area contributed by atoms with E-state index >= 15 is 0 Å². The van der Waals surface area contributed by atoms with Gasteiger partial charge in [-0.1, -0.05) is 170 Å². The Morgan fingerprint density at radius 1 is 0.353 bits per heavy atom. The maximum Gasteiger partial charge on any atom is 0.134 e. The van der Waals surface area contributed by atoms with E-state index in [9.17, 15) is 0 Å². The summed E-state index contributed by atoms with van der Waals surface area (Å²) < 4.78 is 6.97. The average Bonchev–Trinajstić information content (AvgIpc) is 3.18. The summed E-state index contributed by atoms with van der Waals surface area (Å²) in [6.45, 7) is 0. The van der Waals surface area contributed by atoms with Crippen molar-refractivity contribution in [3.8, 4) is 11.5 Å².